The lowest BCUT2D eigenvalue weighted by Crippen LogP contribution is -2.53. The molecule has 0 spiro atoms. The SMILES string of the molecule is CCCN=C(NN)N1CCCC(C)C1C. The van der Waals surface area contributed by atoms with Crippen LogP contribution in [-0.2, 0) is 0 Å². The fourth-order valence-electron chi connectivity index (χ4n) is 2.07. The lowest BCUT2D eigenvalue weighted by Gasteiger charge is -2.39. The first-order chi connectivity index (χ1) is 7.20. The molecule has 4 nitrogen and oxygen atoms in total. The molecule has 0 bridgehead atoms. The number of nitrogens with one attached hydrogen (secondary N) is 1. The number of rotatable bonds is 2. The van der Waals surface area contributed by atoms with Crippen LogP contribution in [0.25, 0.3) is 0 Å². The van der Waals surface area contributed by atoms with E-state index in [0.29, 0.717) is 6.04 Å². The Bertz CT molecular complexity index is 215. The summed E-state index contributed by atoms with van der Waals surface area (Å²) >= 11 is 0. The normalized spacial score (nSPS) is 28.0. The Morgan fingerprint density at radius 2 is 2.27 bits per heavy atom. The second kappa shape index (κ2) is 5.95. The molecule has 88 valence electrons. The third-order valence-electron chi connectivity index (χ3n) is 3.26. The van der Waals surface area contributed by atoms with Gasteiger partial charge in [-0.05, 0) is 32.1 Å². The van der Waals surface area contributed by atoms with Crippen LogP contribution in [0.2, 0.25) is 0 Å². The lowest BCUT2D eigenvalue weighted by atomic mass is 9.92. The van der Waals surface area contributed by atoms with Crippen LogP contribution in [0.15, 0.2) is 4.99 Å². The highest BCUT2D eigenvalue weighted by Crippen LogP contribution is 2.22. The minimum atomic E-state index is 0.533. The molecule has 4 heteroatoms. The summed E-state index contributed by atoms with van der Waals surface area (Å²) in [7, 11) is 0. The summed E-state index contributed by atoms with van der Waals surface area (Å²) in [6.45, 7) is 8.59. The van der Waals surface area contributed by atoms with Crippen molar-refractivity contribution in [1.82, 2.24) is 10.3 Å². The number of hydrazine groups is 1. The van der Waals surface area contributed by atoms with Gasteiger partial charge in [0.15, 0.2) is 0 Å². The summed E-state index contributed by atoms with van der Waals surface area (Å²) in [4.78, 5) is 6.77. The summed E-state index contributed by atoms with van der Waals surface area (Å²) in [5, 5.41) is 0. The second-order valence-corrected chi connectivity index (χ2v) is 4.40. The fourth-order valence-corrected chi connectivity index (χ4v) is 2.07. The van der Waals surface area contributed by atoms with Crippen LogP contribution < -0.4 is 11.3 Å². The maximum absolute atomic E-state index is 5.53. The van der Waals surface area contributed by atoms with Gasteiger partial charge in [-0.15, -0.1) is 0 Å². The third-order valence-corrected chi connectivity index (χ3v) is 3.26. The van der Waals surface area contributed by atoms with Crippen molar-refractivity contribution in [3.63, 3.8) is 0 Å². The Morgan fingerprint density at radius 1 is 1.53 bits per heavy atom. The Hall–Kier alpha value is -0.770. The first-order valence-electron chi connectivity index (χ1n) is 5.98. The van der Waals surface area contributed by atoms with E-state index in [-0.39, 0.29) is 0 Å². The van der Waals surface area contributed by atoms with Crippen molar-refractivity contribution in [1.29, 1.82) is 0 Å². The zero-order chi connectivity index (χ0) is 11.3. The summed E-state index contributed by atoms with van der Waals surface area (Å²) in [5.74, 6) is 7.11. The van der Waals surface area contributed by atoms with Gasteiger partial charge in [0.25, 0.3) is 0 Å². The number of piperidine rings is 1. The zero-order valence-electron chi connectivity index (χ0n) is 10.2. The maximum atomic E-state index is 5.53. The number of nitrogens with zero attached hydrogens (tertiary/aromatic N) is 2. The smallest absolute Gasteiger partial charge is 0.208 e. The number of hydrogen-bond acceptors (Lipinski definition) is 2. The summed E-state index contributed by atoms with van der Waals surface area (Å²) < 4.78 is 0. The average Bonchev–Trinajstić information content (AvgIpc) is 2.25. The Balaban J connectivity index is 2.65. The predicted molar refractivity (Wildman–Crippen MR) is 64.5 cm³/mol. The predicted octanol–water partition coefficient (Wildman–Crippen LogP) is 1.34. The van der Waals surface area contributed by atoms with Crippen molar-refractivity contribution in [3.8, 4) is 0 Å². The molecular formula is C11H24N4. The van der Waals surface area contributed by atoms with Crippen LogP contribution in [0.4, 0.5) is 0 Å². The molecular weight excluding hydrogens is 188 g/mol. The molecule has 1 aliphatic rings. The topological polar surface area (TPSA) is 53.6 Å². The molecule has 2 atom stereocenters. The molecule has 15 heavy (non-hydrogen) atoms. The van der Waals surface area contributed by atoms with Gasteiger partial charge in [-0.25, -0.2) is 5.84 Å². The second-order valence-electron chi connectivity index (χ2n) is 4.40. The van der Waals surface area contributed by atoms with E-state index in [1.165, 1.54) is 12.8 Å². The summed E-state index contributed by atoms with van der Waals surface area (Å²) in [6, 6.07) is 0.533. The molecule has 1 saturated heterocycles. The number of aliphatic imine (C=N–C) groups is 1. The van der Waals surface area contributed by atoms with Crippen molar-refractivity contribution in [2.24, 2.45) is 16.8 Å². The highest BCUT2D eigenvalue weighted by atomic mass is 15.4. The van der Waals surface area contributed by atoms with Gasteiger partial charge in [0.1, 0.15) is 0 Å². The van der Waals surface area contributed by atoms with Gasteiger partial charge in [-0.1, -0.05) is 13.8 Å². The number of guanidine groups is 1. The fraction of sp³-hybridized carbons (Fsp3) is 0.909. The first kappa shape index (κ1) is 12.3. The van der Waals surface area contributed by atoms with Crippen LogP contribution in [-0.4, -0.2) is 30.0 Å². The Labute approximate surface area is 92.9 Å². The maximum Gasteiger partial charge on any atom is 0.208 e. The van der Waals surface area contributed by atoms with Crippen LogP contribution in [0.5, 0.6) is 0 Å². The van der Waals surface area contributed by atoms with Gasteiger partial charge in [0.05, 0.1) is 0 Å². The van der Waals surface area contributed by atoms with Gasteiger partial charge >= 0.3 is 0 Å². The number of likely N-dealkylation sites (tertiary alicyclic amines) is 1. The van der Waals surface area contributed by atoms with Gasteiger partial charge in [0.2, 0.25) is 5.96 Å². The minimum Gasteiger partial charge on any atom is -0.339 e. The molecule has 0 radical (unpaired) electrons. The van der Waals surface area contributed by atoms with Gasteiger partial charge in [-0.2, -0.15) is 0 Å². The largest absolute Gasteiger partial charge is 0.339 e. The average molecular weight is 212 g/mol. The molecule has 2 unspecified atom stereocenters. The molecule has 1 rings (SSSR count). The summed E-state index contributed by atoms with van der Waals surface area (Å²) in [5.41, 5.74) is 2.73. The van der Waals surface area contributed by atoms with E-state index in [9.17, 15) is 0 Å². The highest BCUT2D eigenvalue weighted by Gasteiger charge is 2.26. The summed E-state index contributed by atoms with van der Waals surface area (Å²) in [6.07, 6.45) is 3.60. The monoisotopic (exact) mass is 212 g/mol. The molecule has 0 aliphatic carbocycles. The molecule has 0 saturated carbocycles. The van der Waals surface area contributed by atoms with E-state index in [4.69, 9.17) is 5.84 Å². The molecule has 3 N–H and O–H groups in total. The number of hydrogen-bond donors (Lipinski definition) is 2. The number of nitrogens with two attached hydrogens (primary N) is 1. The molecule has 0 aromatic heterocycles. The standard InChI is InChI=1S/C11H24N4/c1-4-7-13-11(14-12)15-8-5-6-9(2)10(15)3/h9-10H,4-8,12H2,1-3H3,(H,13,14). The Morgan fingerprint density at radius 3 is 2.87 bits per heavy atom. The molecule has 0 aromatic rings. The Kier molecular flexibility index (Phi) is 4.88. The zero-order valence-corrected chi connectivity index (χ0v) is 10.2. The van der Waals surface area contributed by atoms with Gasteiger partial charge in [0, 0.05) is 19.1 Å². The van der Waals surface area contributed by atoms with E-state index >= 15 is 0 Å². The molecule has 1 fully saturated rings. The van der Waals surface area contributed by atoms with Crippen molar-refractivity contribution in [2.45, 2.75) is 46.1 Å². The molecule has 1 heterocycles. The molecule has 0 amide bonds. The highest BCUT2D eigenvalue weighted by molar-refractivity contribution is 5.79. The first-order valence-corrected chi connectivity index (χ1v) is 5.98. The molecule has 0 aromatic carbocycles. The molecule has 1 aliphatic heterocycles. The van der Waals surface area contributed by atoms with Gasteiger partial charge in [-0.3, -0.25) is 10.4 Å². The van der Waals surface area contributed by atoms with Gasteiger partial charge < -0.3 is 4.90 Å². The van der Waals surface area contributed by atoms with Crippen LogP contribution in [0.3, 0.4) is 0 Å². The van der Waals surface area contributed by atoms with Crippen molar-refractivity contribution >= 4 is 5.96 Å². The third kappa shape index (κ3) is 3.09. The van der Waals surface area contributed by atoms with E-state index in [1.54, 1.807) is 0 Å². The van der Waals surface area contributed by atoms with Crippen LogP contribution in [0.1, 0.15) is 40.0 Å². The van der Waals surface area contributed by atoms with Crippen molar-refractivity contribution < 1.29 is 0 Å². The van der Waals surface area contributed by atoms with Crippen molar-refractivity contribution in [2.75, 3.05) is 13.1 Å². The lowest BCUT2D eigenvalue weighted by molar-refractivity contribution is 0.186. The van der Waals surface area contributed by atoms with E-state index in [2.05, 4.69) is 36.1 Å². The quantitative estimate of drug-likeness (QED) is 0.314. The van der Waals surface area contributed by atoms with Crippen LogP contribution >= 0.6 is 0 Å². The van der Waals surface area contributed by atoms with E-state index < -0.39 is 0 Å². The van der Waals surface area contributed by atoms with E-state index in [0.717, 1.165) is 31.4 Å². The van der Waals surface area contributed by atoms with E-state index in [1.807, 2.05) is 0 Å². The minimum absolute atomic E-state index is 0.533. The van der Waals surface area contributed by atoms with Crippen LogP contribution in [0, 0.1) is 5.92 Å². The van der Waals surface area contributed by atoms with Crippen molar-refractivity contribution in [3.05, 3.63) is 0 Å².